The number of benzene rings is 3. The number of carbonyl (C=O) groups excluding carboxylic acids is 2. The Kier molecular flexibility index (Phi) is 7.09. The minimum absolute atomic E-state index is 0.00117. The number of nitrogens with zero attached hydrogens (tertiary/aromatic N) is 1. The van der Waals surface area contributed by atoms with Gasteiger partial charge in [-0.1, -0.05) is 61.4 Å². The molecule has 5 heteroatoms. The maximum absolute atomic E-state index is 13.2. The van der Waals surface area contributed by atoms with Crippen LogP contribution in [0.4, 0.5) is 5.69 Å². The third-order valence-electron chi connectivity index (χ3n) is 6.71. The Labute approximate surface area is 196 Å². The van der Waals surface area contributed by atoms with Crippen LogP contribution in [0.1, 0.15) is 60.1 Å². The summed E-state index contributed by atoms with van der Waals surface area (Å²) in [6.07, 6.45) is 4.22. The smallest absolute Gasteiger partial charge is 0.252 e. The largest absolute Gasteiger partial charge is 0.345 e. The Morgan fingerprint density at radius 3 is 2.64 bits per heavy atom. The molecule has 0 aliphatic carbocycles. The summed E-state index contributed by atoms with van der Waals surface area (Å²) in [5, 5.41) is 8.48. The lowest BCUT2D eigenvalue weighted by Gasteiger charge is -2.24. The maximum Gasteiger partial charge on any atom is 0.252 e. The number of rotatable bonds is 5. The summed E-state index contributed by atoms with van der Waals surface area (Å²) >= 11 is 0. The van der Waals surface area contributed by atoms with Gasteiger partial charge < -0.3 is 10.6 Å². The summed E-state index contributed by atoms with van der Waals surface area (Å²) in [6.45, 7) is 4.86. The molecular weight excluding hydrogens is 410 g/mol. The van der Waals surface area contributed by atoms with E-state index < -0.39 is 0 Å². The molecule has 0 bridgehead atoms. The van der Waals surface area contributed by atoms with E-state index in [2.05, 4.69) is 39.8 Å². The molecule has 1 heterocycles. The van der Waals surface area contributed by atoms with Crippen molar-refractivity contribution in [1.82, 2.24) is 10.2 Å². The Morgan fingerprint density at radius 2 is 1.79 bits per heavy atom. The number of aryl methyl sites for hydroxylation is 1. The van der Waals surface area contributed by atoms with Crippen molar-refractivity contribution >= 4 is 28.3 Å². The van der Waals surface area contributed by atoms with Crippen LogP contribution >= 0.6 is 0 Å². The van der Waals surface area contributed by atoms with Crippen molar-refractivity contribution in [2.45, 2.75) is 51.6 Å². The first-order valence-corrected chi connectivity index (χ1v) is 11.8. The number of nitrogens with one attached hydrogen (secondary N) is 2. The van der Waals surface area contributed by atoms with E-state index in [1.807, 2.05) is 51.2 Å². The topological polar surface area (TPSA) is 61.4 Å². The highest BCUT2D eigenvalue weighted by Gasteiger charge is 2.25. The lowest BCUT2D eigenvalue weighted by molar-refractivity contribution is -0.120. The lowest BCUT2D eigenvalue weighted by Crippen LogP contribution is -2.41. The zero-order valence-electron chi connectivity index (χ0n) is 19.7. The molecule has 0 radical (unpaired) electrons. The molecule has 5 nitrogen and oxygen atoms in total. The third kappa shape index (κ3) is 5.25. The number of likely N-dealkylation sites (N-methyl/N-ethyl adjacent to an activating group) is 1. The van der Waals surface area contributed by atoms with Gasteiger partial charge in [0.15, 0.2) is 0 Å². The molecule has 33 heavy (non-hydrogen) atoms. The zero-order valence-corrected chi connectivity index (χ0v) is 19.7. The zero-order chi connectivity index (χ0) is 23.4. The van der Waals surface area contributed by atoms with Crippen molar-refractivity contribution in [2.75, 3.05) is 18.9 Å². The number of amides is 2. The molecule has 1 saturated heterocycles. The van der Waals surface area contributed by atoms with E-state index in [0.717, 1.165) is 54.1 Å². The lowest BCUT2D eigenvalue weighted by atomic mass is 9.99. The van der Waals surface area contributed by atoms with Gasteiger partial charge in [-0.05, 0) is 74.3 Å². The summed E-state index contributed by atoms with van der Waals surface area (Å²) in [6, 6.07) is 19.6. The molecule has 0 saturated carbocycles. The normalized spacial score (nSPS) is 17.8. The highest BCUT2D eigenvalue weighted by molar-refractivity contribution is 6.00. The fraction of sp³-hybridized carbons (Fsp3) is 0.357. The maximum atomic E-state index is 13.2. The highest BCUT2D eigenvalue weighted by atomic mass is 16.2. The third-order valence-corrected chi connectivity index (χ3v) is 6.71. The SMILES string of the molecule is Cc1ccc(NC(=O)[C@H]2CCCCCN2C)cc1C(=O)N[C@H](C)c1cccc2ccccc12. The van der Waals surface area contributed by atoms with Crippen molar-refractivity contribution in [2.24, 2.45) is 0 Å². The molecule has 1 aliphatic heterocycles. The Bertz CT molecular complexity index is 1150. The van der Waals surface area contributed by atoms with Crippen LogP contribution < -0.4 is 10.6 Å². The molecule has 1 aliphatic rings. The molecular formula is C28H33N3O2. The van der Waals surface area contributed by atoms with Gasteiger partial charge in [0.1, 0.15) is 0 Å². The van der Waals surface area contributed by atoms with Crippen molar-refractivity contribution < 1.29 is 9.59 Å². The van der Waals surface area contributed by atoms with Crippen molar-refractivity contribution in [3.05, 3.63) is 77.4 Å². The summed E-state index contributed by atoms with van der Waals surface area (Å²) in [5.41, 5.74) is 3.20. The second-order valence-electron chi connectivity index (χ2n) is 9.13. The first-order chi connectivity index (χ1) is 15.9. The van der Waals surface area contributed by atoms with E-state index in [4.69, 9.17) is 0 Å². The van der Waals surface area contributed by atoms with Gasteiger partial charge in [0, 0.05) is 11.3 Å². The highest BCUT2D eigenvalue weighted by Crippen LogP contribution is 2.25. The summed E-state index contributed by atoms with van der Waals surface area (Å²) < 4.78 is 0. The molecule has 4 rings (SSSR count). The van der Waals surface area contributed by atoms with E-state index in [-0.39, 0.29) is 23.9 Å². The minimum Gasteiger partial charge on any atom is -0.345 e. The predicted octanol–water partition coefficient (Wildman–Crippen LogP) is 5.45. The van der Waals surface area contributed by atoms with Crippen LogP contribution in [-0.2, 0) is 4.79 Å². The monoisotopic (exact) mass is 443 g/mol. The number of hydrogen-bond acceptors (Lipinski definition) is 3. The number of anilines is 1. The molecule has 1 fully saturated rings. The summed E-state index contributed by atoms with van der Waals surface area (Å²) in [7, 11) is 2.01. The molecule has 2 N–H and O–H groups in total. The second kappa shape index (κ2) is 10.2. The second-order valence-corrected chi connectivity index (χ2v) is 9.13. The molecule has 0 spiro atoms. The van der Waals surface area contributed by atoms with Gasteiger partial charge in [0.2, 0.25) is 5.91 Å². The van der Waals surface area contributed by atoms with Gasteiger partial charge in [0.25, 0.3) is 5.91 Å². The van der Waals surface area contributed by atoms with Crippen LogP contribution in [0, 0.1) is 6.92 Å². The molecule has 3 aromatic rings. The van der Waals surface area contributed by atoms with Gasteiger partial charge in [0.05, 0.1) is 12.1 Å². The minimum atomic E-state index is -0.152. The average Bonchev–Trinajstić information content (AvgIpc) is 3.04. The summed E-state index contributed by atoms with van der Waals surface area (Å²) in [4.78, 5) is 28.3. The molecule has 172 valence electrons. The van der Waals surface area contributed by atoms with Crippen LogP contribution in [-0.4, -0.2) is 36.3 Å². The number of carbonyl (C=O) groups is 2. The number of likely N-dealkylation sites (tertiary alicyclic amines) is 1. The van der Waals surface area contributed by atoms with Crippen molar-refractivity contribution in [1.29, 1.82) is 0 Å². The van der Waals surface area contributed by atoms with E-state index in [0.29, 0.717) is 11.3 Å². The Morgan fingerprint density at radius 1 is 1.00 bits per heavy atom. The van der Waals surface area contributed by atoms with Crippen LogP contribution in [0.5, 0.6) is 0 Å². The molecule has 2 amide bonds. The first kappa shape index (κ1) is 23.0. The standard InChI is InChI=1S/C28H33N3O2/c1-19-15-16-22(30-28(33)26-14-5-4-8-17-31(26)3)18-25(19)27(32)29-20(2)23-13-9-11-21-10-6-7-12-24(21)23/h6-7,9-13,15-16,18,20,26H,4-5,8,14,17H2,1-3H3,(H,29,32)(H,30,33)/t20-,26-/m1/s1. The van der Waals surface area contributed by atoms with Crippen molar-refractivity contribution in [3.63, 3.8) is 0 Å². The molecule has 0 aromatic heterocycles. The van der Waals surface area contributed by atoms with Crippen LogP contribution in [0.3, 0.4) is 0 Å². The van der Waals surface area contributed by atoms with Crippen LogP contribution in [0.25, 0.3) is 10.8 Å². The fourth-order valence-electron chi connectivity index (χ4n) is 4.73. The predicted molar refractivity (Wildman–Crippen MR) is 135 cm³/mol. The van der Waals surface area contributed by atoms with Gasteiger partial charge >= 0.3 is 0 Å². The first-order valence-electron chi connectivity index (χ1n) is 11.8. The van der Waals surface area contributed by atoms with Crippen LogP contribution in [0.15, 0.2) is 60.7 Å². The van der Waals surface area contributed by atoms with Gasteiger partial charge in [-0.15, -0.1) is 0 Å². The molecule has 2 atom stereocenters. The quantitative estimate of drug-likeness (QED) is 0.551. The van der Waals surface area contributed by atoms with E-state index in [1.54, 1.807) is 6.07 Å². The Balaban J connectivity index is 1.50. The van der Waals surface area contributed by atoms with Gasteiger partial charge in [-0.2, -0.15) is 0 Å². The van der Waals surface area contributed by atoms with Crippen LogP contribution in [0.2, 0.25) is 0 Å². The van der Waals surface area contributed by atoms with Crippen molar-refractivity contribution in [3.8, 4) is 0 Å². The fourth-order valence-corrected chi connectivity index (χ4v) is 4.73. The Hall–Kier alpha value is -3.18. The van der Waals surface area contributed by atoms with Gasteiger partial charge in [-0.25, -0.2) is 0 Å². The van der Waals surface area contributed by atoms with E-state index in [1.165, 1.54) is 0 Å². The summed E-state index contributed by atoms with van der Waals surface area (Å²) in [5.74, 6) is -0.144. The molecule has 0 unspecified atom stereocenters. The van der Waals surface area contributed by atoms with E-state index in [9.17, 15) is 9.59 Å². The number of hydrogen-bond donors (Lipinski definition) is 2. The molecule has 3 aromatic carbocycles. The average molecular weight is 444 g/mol. The van der Waals surface area contributed by atoms with E-state index >= 15 is 0 Å². The van der Waals surface area contributed by atoms with Gasteiger partial charge in [-0.3, -0.25) is 14.5 Å². The number of fused-ring (bicyclic) bond motifs is 1.